The summed E-state index contributed by atoms with van der Waals surface area (Å²) in [6.07, 6.45) is 5.54. The van der Waals surface area contributed by atoms with Crippen LogP contribution in [0.5, 0.6) is 0 Å². The normalized spacial score (nSPS) is 20.1. The Morgan fingerprint density at radius 1 is 1.44 bits per heavy atom. The number of piperidine rings is 1. The van der Waals surface area contributed by atoms with Gasteiger partial charge in [-0.3, -0.25) is 0 Å². The van der Waals surface area contributed by atoms with E-state index in [1.165, 1.54) is 32.4 Å². The lowest BCUT2D eigenvalue weighted by Gasteiger charge is -2.22. The Labute approximate surface area is 110 Å². The molecule has 18 heavy (non-hydrogen) atoms. The average Bonchev–Trinajstić information content (AvgIpc) is 2.40. The fourth-order valence-electron chi connectivity index (χ4n) is 2.36. The molecule has 2 heterocycles. The zero-order valence-corrected chi connectivity index (χ0v) is 11.4. The molecule has 1 aliphatic heterocycles. The van der Waals surface area contributed by atoms with E-state index in [0.717, 1.165) is 24.0 Å². The molecule has 2 N–H and O–H groups in total. The number of nitrogens with zero attached hydrogens (tertiary/aromatic N) is 2. The van der Waals surface area contributed by atoms with Gasteiger partial charge in [0, 0.05) is 18.3 Å². The molecular formula is C14H24N4. The van der Waals surface area contributed by atoms with E-state index in [4.69, 9.17) is 0 Å². The standard InChI is InChI=1S/C14H24N4/c1-11(2)13-8-14(18-10-17-13)16-7-5-12-4-3-6-15-9-12/h8,10-12,15H,3-7,9H2,1-2H3,(H,16,17,18). The molecule has 0 spiro atoms. The van der Waals surface area contributed by atoms with Crippen molar-refractivity contribution < 1.29 is 0 Å². The van der Waals surface area contributed by atoms with Gasteiger partial charge in [0.1, 0.15) is 12.1 Å². The van der Waals surface area contributed by atoms with Gasteiger partial charge in [0.15, 0.2) is 0 Å². The van der Waals surface area contributed by atoms with Gasteiger partial charge < -0.3 is 10.6 Å². The van der Waals surface area contributed by atoms with Gasteiger partial charge in [0.25, 0.3) is 0 Å². The third kappa shape index (κ3) is 3.95. The second-order valence-electron chi connectivity index (χ2n) is 5.41. The summed E-state index contributed by atoms with van der Waals surface area (Å²) in [6, 6.07) is 2.06. The fraction of sp³-hybridized carbons (Fsp3) is 0.714. The van der Waals surface area contributed by atoms with Gasteiger partial charge in [-0.25, -0.2) is 9.97 Å². The first-order valence-corrected chi connectivity index (χ1v) is 7.02. The summed E-state index contributed by atoms with van der Waals surface area (Å²) < 4.78 is 0. The molecule has 4 heteroatoms. The summed E-state index contributed by atoms with van der Waals surface area (Å²) in [4.78, 5) is 8.54. The number of hydrogen-bond donors (Lipinski definition) is 2. The molecule has 1 saturated heterocycles. The third-order valence-electron chi connectivity index (χ3n) is 3.54. The van der Waals surface area contributed by atoms with Crippen LogP contribution >= 0.6 is 0 Å². The van der Waals surface area contributed by atoms with E-state index in [9.17, 15) is 0 Å². The van der Waals surface area contributed by atoms with Crippen LogP contribution in [0.25, 0.3) is 0 Å². The van der Waals surface area contributed by atoms with Crippen LogP contribution in [0.4, 0.5) is 5.82 Å². The topological polar surface area (TPSA) is 49.8 Å². The third-order valence-corrected chi connectivity index (χ3v) is 3.54. The summed E-state index contributed by atoms with van der Waals surface area (Å²) in [5.74, 6) is 2.23. The fourth-order valence-corrected chi connectivity index (χ4v) is 2.36. The second-order valence-corrected chi connectivity index (χ2v) is 5.41. The van der Waals surface area contributed by atoms with Crippen LogP contribution in [0.1, 0.15) is 44.7 Å². The van der Waals surface area contributed by atoms with Gasteiger partial charge in [-0.15, -0.1) is 0 Å². The Morgan fingerprint density at radius 3 is 3.06 bits per heavy atom. The molecule has 2 rings (SSSR count). The van der Waals surface area contributed by atoms with E-state index in [-0.39, 0.29) is 0 Å². The lowest BCUT2D eigenvalue weighted by molar-refractivity contribution is 0.364. The molecule has 0 aliphatic carbocycles. The van der Waals surface area contributed by atoms with Crippen molar-refractivity contribution in [2.75, 3.05) is 25.0 Å². The molecular weight excluding hydrogens is 224 g/mol. The molecule has 1 aliphatic rings. The van der Waals surface area contributed by atoms with Crippen LogP contribution in [0.3, 0.4) is 0 Å². The molecule has 1 atom stereocenters. The Hall–Kier alpha value is -1.16. The van der Waals surface area contributed by atoms with Gasteiger partial charge in [-0.05, 0) is 44.2 Å². The number of aromatic nitrogens is 2. The minimum Gasteiger partial charge on any atom is -0.370 e. The smallest absolute Gasteiger partial charge is 0.129 e. The Bertz CT molecular complexity index is 359. The summed E-state index contributed by atoms with van der Waals surface area (Å²) in [7, 11) is 0. The zero-order valence-electron chi connectivity index (χ0n) is 11.4. The second kappa shape index (κ2) is 6.69. The first-order chi connectivity index (χ1) is 8.75. The highest BCUT2D eigenvalue weighted by Crippen LogP contribution is 2.16. The molecule has 100 valence electrons. The predicted molar refractivity (Wildman–Crippen MR) is 74.8 cm³/mol. The summed E-state index contributed by atoms with van der Waals surface area (Å²) in [5, 5.41) is 6.86. The lowest BCUT2D eigenvalue weighted by Crippen LogP contribution is -2.30. The van der Waals surface area contributed by atoms with E-state index in [0.29, 0.717) is 5.92 Å². The number of nitrogens with one attached hydrogen (secondary N) is 2. The quantitative estimate of drug-likeness (QED) is 0.840. The van der Waals surface area contributed by atoms with Gasteiger partial charge in [-0.2, -0.15) is 0 Å². The molecule has 0 aromatic carbocycles. The minimum absolute atomic E-state index is 0.455. The highest BCUT2D eigenvalue weighted by atomic mass is 15.0. The van der Waals surface area contributed by atoms with Crippen molar-refractivity contribution in [1.29, 1.82) is 0 Å². The van der Waals surface area contributed by atoms with Crippen LogP contribution < -0.4 is 10.6 Å². The first-order valence-electron chi connectivity index (χ1n) is 7.02. The monoisotopic (exact) mass is 248 g/mol. The molecule has 0 saturated carbocycles. The summed E-state index contributed by atoms with van der Waals surface area (Å²) in [6.45, 7) is 7.66. The Kier molecular flexibility index (Phi) is 4.93. The van der Waals surface area contributed by atoms with Crippen molar-refractivity contribution in [3.05, 3.63) is 18.1 Å². The molecule has 1 aromatic rings. The number of rotatable bonds is 5. The Morgan fingerprint density at radius 2 is 2.33 bits per heavy atom. The molecule has 0 radical (unpaired) electrons. The van der Waals surface area contributed by atoms with E-state index in [2.05, 4.69) is 40.5 Å². The molecule has 1 aromatic heterocycles. The van der Waals surface area contributed by atoms with Gasteiger partial charge in [0.05, 0.1) is 0 Å². The minimum atomic E-state index is 0.455. The van der Waals surface area contributed by atoms with Gasteiger partial charge >= 0.3 is 0 Å². The highest BCUT2D eigenvalue weighted by Gasteiger charge is 2.12. The van der Waals surface area contributed by atoms with Crippen LogP contribution in [0.2, 0.25) is 0 Å². The molecule has 0 bridgehead atoms. The van der Waals surface area contributed by atoms with Crippen molar-refractivity contribution in [2.45, 2.75) is 39.0 Å². The van der Waals surface area contributed by atoms with Crippen molar-refractivity contribution in [1.82, 2.24) is 15.3 Å². The van der Waals surface area contributed by atoms with Crippen LogP contribution in [0.15, 0.2) is 12.4 Å². The van der Waals surface area contributed by atoms with E-state index in [1.807, 2.05) is 0 Å². The van der Waals surface area contributed by atoms with Crippen molar-refractivity contribution in [2.24, 2.45) is 5.92 Å². The predicted octanol–water partition coefficient (Wildman–Crippen LogP) is 2.40. The maximum atomic E-state index is 4.28. The highest BCUT2D eigenvalue weighted by molar-refractivity contribution is 5.35. The van der Waals surface area contributed by atoms with Crippen LogP contribution in [0, 0.1) is 5.92 Å². The summed E-state index contributed by atoms with van der Waals surface area (Å²) >= 11 is 0. The molecule has 1 fully saturated rings. The molecule has 4 nitrogen and oxygen atoms in total. The van der Waals surface area contributed by atoms with Crippen molar-refractivity contribution >= 4 is 5.82 Å². The lowest BCUT2D eigenvalue weighted by atomic mass is 9.96. The largest absolute Gasteiger partial charge is 0.370 e. The number of anilines is 1. The van der Waals surface area contributed by atoms with E-state index < -0.39 is 0 Å². The maximum absolute atomic E-state index is 4.28. The average molecular weight is 248 g/mol. The Balaban J connectivity index is 1.77. The van der Waals surface area contributed by atoms with Crippen LogP contribution in [-0.2, 0) is 0 Å². The van der Waals surface area contributed by atoms with E-state index >= 15 is 0 Å². The first kappa shape index (κ1) is 13.3. The molecule has 0 amide bonds. The molecule has 1 unspecified atom stereocenters. The van der Waals surface area contributed by atoms with Gasteiger partial charge in [-0.1, -0.05) is 13.8 Å². The number of hydrogen-bond acceptors (Lipinski definition) is 4. The van der Waals surface area contributed by atoms with Crippen molar-refractivity contribution in [3.63, 3.8) is 0 Å². The maximum Gasteiger partial charge on any atom is 0.129 e. The van der Waals surface area contributed by atoms with Crippen LogP contribution in [-0.4, -0.2) is 29.6 Å². The van der Waals surface area contributed by atoms with Crippen molar-refractivity contribution in [3.8, 4) is 0 Å². The van der Waals surface area contributed by atoms with E-state index in [1.54, 1.807) is 6.33 Å². The van der Waals surface area contributed by atoms with Gasteiger partial charge in [0.2, 0.25) is 0 Å². The summed E-state index contributed by atoms with van der Waals surface area (Å²) in [5.41, 5.74) is 1.10. The SMILES string of the molecule is CC(C)c1cc(NCCC2CCCNC2)ncn1. The zero-order chi connectivity index (χ0) is 12.8.